The Morgan fingerprint density at radius 2 is 0.750 bits per heavy atom. The Morgan fingerprint density at radius 3 is 1.02 bits per heavy atom. The maximum absolute atomic E-state index is 13.4. The SMILES string of the molecule is O=C(O[C@@H]1CCCC1(c1ccccc1)c1ccccc1)C(=O)O[C@@H]1CCCC1(c1ccccc1)c1ccccc1. The largest absolute Gasteiger partial charge is 0.453 e. The fourth-order valence-electron chi connectivity index (χ4n) is 7.22. The molecule has 0 spiro atoms. The Hall–Kier alpha value is -4.18. The van der Waals surface area contributed by atoms with Gasteiger partial charge in [-0.3, -0.25) is 0 Å². The summed E-state index contributed by atoms with van der Waals surface area (Å²) in [6.45, 7) is 0. The van der Waals surface area contributed by atoms with E-state index in [-0.39, 0.29) is 0 Å². The van der Waals surface area contributed by atoms with Gasteiger partial charge < -0.3 is 9.47 Å². The zero-order valence-corrected chi connectivity index (χ0v) is 22.6. The number of carbonyl (C=O) groups is 2. The van der Waals surface area contributed by atoms with E-state index in [9.17, 15) is 9.59 Å². The molecule has 0 amide bonds. The number of hydrogen-bond acceptors (Lipinski definition) is 4. The second-order valence-corrected chi connectivity index (χ2v) is 11.0. The molecule has 0 saturated heterocycles. The van der Waals surface area contributed by atoms with E-state index in [2.05, 4.69) is 48.5 Å². The van der Waals surface area contributed by atoms with Crippen LogP contribution in [0.5, 0.6) is 0 Å². The summed E-state index contributed by atoms with van der Waals surface area (Å²) < 4.78 is 12.1. The molecular formula is C36H34O4. The Labute approximate surface area is 236 Å². The molecule has 0 N–H and O–H groups in total. The predicted molar refractivity (Wildman–Crippen MR) is 155 cm³/mol. The zero-order valence-electron chi connectivity index (χ0n) is 22.6. The van der Waals surface area contributed by atoms with Crippen molar-refractivity contribution in [2.24, 2.45) is 0 Å². The first kappa shape index (κ1) is 26.1. The molecule has 6 rings (SSSR count). The molecule has 2 aliphatic rings. The van der Waals surface area contributed by atoms with Gasteiger partial charge in [-0.25, -0.2) is 9.59 Å². The number of hydrogen-bond donors (Lipinski definition) is 0. The molecule has 4 heteroatoms. The molecule has 2 atom stereocenters. The number of carbonyl (C=O) groups excluding carboxylic acids is 2. The van der Waals surface area contributed by atoms with Gasteiger partial charge in [-0.15, -0.1) is 0 Å². The molecule has 4 nitrogen and oxygen atoms in total. The number of rotatable bonds is 6. The van der Waals surface area contributed by atoms with Gasteiger partial charge in [-0.1, -0.05) is 121 Å². The maximum Gasteiger partial charge on any atom is 0.417 e. The summed E-state index contributed by atoms with van der Waals surface area (Å²) in [5.74, 6) is -1.82. The smallest absolute Gasteiger partial charge is 0.417 e. The van der Waals surface area contributed by atoms with Gasteiger partial charge in [-0.2, -0.15) is 0 Å². The van der Waals surface area contributed by atoms with E-state index in [4.69, 9.17) is 9.47 Å². The monoisotopic (exact) mass is 530 g/mol. The summed E-state index contributed by atoms with van der Waals surface area (Å²) >= 11 is 0. The van der Waals surface area contributed by atoms with E-state index in [0.29, 0.717) is 12.8 Å². The van der Waals surface area contributed by atoms with Crippen molar-refractivity contribution in [3.05, 3.63) is 144 Å². The summed E-state index contributed by atoms with van der Waals surface area (Å²) in [5.41, 5.74) is 3.34. The first-order valence-corrected chi connectivity index (χ1v) is 14.3. The standard InChI is InChI=1S/C36H34O4/c37-33(39-31-23-13-25-35(31,27-15-5-1-6-16-27)28-17-7-2-8-18-28)34(38)40-32-24-14-26-36(32,29-19-9-3-10-20-29)30-21-11-4-12-22-30/h1-12,15-22,31-32H,13-14,23-26H2/t31-,32-/m1/s1. The molecule has 0 radical (unpaired) electrons. The van der Waals surface area contributed by atoms with Crippen molar-refractivity contribution in [2.45, 2.75) is 61.6 Å². The molecule has 2 aliphatic carbocycles. The van der Waals surface area contributed by atoms with Crippen molar-refractivity contribution in [3.63, 3.8) is 0 Å². The number of esters is 2. The average molecular weight is 531 g/mol. The summed E-state index contributed by atoms with van der Waals surface area (Å²) in [6, 6.07) is 40.8. The van der Waals surface area contributed by atoms with Crippen LogP contribution in [0.3, 0.4) is 0 Å². The second kappa shape index (κ2) is 11.1. The van der Waals surface area contributed by atoms with E-state index >= 15 is 0 Å². The minimum Gasteiger partial charge on any atom is -0.453 e. The summed E-state index contributed by atoms with van der Waals surface area (Å²) in [5, 5.41) is 0. The molecule has 0 bridgehead atoms. The third kappa shape index (κ3) is 4.52. The van der Waals surface area contributed by atoms with Crippen molar-refractivity contribution >= 4 is 11.9 Å². The predicted octanol–water partition coefficient (Wildman–Crippen LogP) is 7.15. The lowest BCUT2D eigenvalue weighted by Crippen LogP contribution is -2.43. The summed E-state index contributed by atoms with van der Waals surface area (Å²) in [7, 11) is 0. The molecule has 2 saturated carbocycles. The average Bonchev–Trinajstić information content (AvgIpc) is 3.64. The molecule has 4 aromatic carbocycles. The number of benzene rings is 4. The van der Waals surface area contributed by atoms with Crippen LogP contribution < -0.4 is 0 Å². The van der Waals surface area contributed by atoms with Crippen molar-refractivity contribution in [3.8, 4) is 0 Å². The number of ether oxygens (including phenoxy) is 2. The Bertz CT molecular complexity index is 1240. The van der Waals surface area contributed by atoms with Crippen LogP contribution >= 0.6 is 0 Å². The molecule has 0 heterocycles. The first-order valence-electron chi connectivity index (χ1n) is 14.3. The topological polar surface area (TPSA) is 52.6 Å². The first-order chi connectivity index (χ1) is 19.6. The lowest BCUT2D eigenvalue weighted by atomic mass is 9.71. The molecule has 0 aliphatic heterocycles. The highest BCUT2D eigenvalue weighted by atomic mass is 16.6. The zero-order chi connectivity index (χ0) is 27.4. The minimum atomic E-state index is -0.912. The molecule has 0 unspecified atom stereocenters. The highest BCUT2D eigenvalue weighted by Crippen LogP contribution is 2.49. The van der Waals surface area contributed by atoms with Crippen LogP contribution in [0.1, 0.15) is 60.8 Å². The van der Waals surface area contributed by atoms with E-state index < -0.39 is 35.0 Å². The van der Waals surface area contributed by atoms with Gasteiger partial charge in [0.05, 0.1) is 10.8 Å². The Balaban J connectivity index is 1.28. The van der Waals surface area contributed by atoms with E-state index in [1.807, 2.05) is 72.8 Å². The third-order valence-electron chi connectivity index (χ3n) is 9.00. The Kier molecular flexibility index (Phi) is 7.25. The van der Waals surface area contributed by atoms with Crippen LogP contribution in [0, 0.1) is 0 Å². The molecule has 40 heavy (non-hydrogen) atoms. The van der Waals surface area contributed by atoms with Gasteiger partial charge in [0, 0.05) is 0 Å². The minimum absolute atomic E-state index is 0.464. The fraction of sp³-hybridized carbons (Fsp3) is 0.278. The van der Waals surface area contributed by atoms with Gasteiger partial charge in [0.1, 0.15) is 12.2 Å². The molecular weight excluding hydrogens is 496 g/mol. The third-order valence-corrected chi connectivity index (χ3v) is 9.00. The van der Waals surface area contributed by atoms with Crippen LogP contribution in [0.25, 0.3) is 0 Å². The molecule has 0 aromatic heterocycles. The quantitative estimate of drug-likeness (QED) is 0.196. The van der Waals surface area contributed by atoms with Gasteiger partial charge in [0.25, 0.3) is 0 Å². The van der Waals surface area contributed by atoms with Crippen molar-refractivity contribution in [2.75, 3.05) is 0 Å². The lowest BCUT2D eigenvalue weighted by Gasteiger charge is -2.37. The van der Waals surface area contributed by atoms with E-state index in [1.54, 1.807) is 0 Å². The van der Waals surface area contributed by atoms with E-state index in [0.717, 1.165) is 47.9 Å². The van der Waals surface area contributed by atoms with Crippen molar-refractivity contribution in [1.29, 1.82) is 0 Å². The molecule has 4 aromatic rings. The Morgan fingerprint density at radius 1 is 0.475 bits per heavy atom. The van der Waals surface area contributed by atoms with E-state index in [1.165, 1.54) is 0 Å². The van der Waals surface area contributed by atoms with Crippen LogP contribution in [-0.4, -0.2) is 24.1 Å². The van der Waals surface area contributed by atoms with Gasteiger partial charge in [0.15, 0.2) is 0 Å². The van der Waals surface area contributed by atoms with Gasteiger partial charge >= 0.3 is 11.9 Å². The van der Waals surface area contributed by atoms with Crippen LogP contribution in [0.4, 0.5) is 0 Å². The highest BCUT2D eigenvalue weighted by molar-refractivity contribution is 6.29. The fourth-order valence-corrected chi connectivity index (χ4v) is 7.22. The van der Waals surface area contributed by atoms with Crippen LogP contribution in [-0.2, 0) is 29.9 Å². The van der Waals surface area contributed by atoms with Crippen molar-refractivity contribution < 1.29 is 19.1 Å². The highest BCUT2D eigenvalue weighted by Gasteiger charge is 2.51. The maximum atomic E-state index is 13.4. The van der Waals surface area contributed by atoms with Gasteiger partial charge in [0.2, 0.25) is 0 Å². The normalized spacial score (nSPS) is 21.0. The van der Waals surface area contributed by atoms with Crippen LogP contribution in [0.2, 0.25) is 0 Å². The summed E-state index contributed by atoms with van der Waals surface area (Å²) in [6.07, 6.45) is 3.90. The van der Waals surface area contributed by atoms with Crippen LogP contribution in [0.15, 0.2) is 121 Å². The van der Waals surface area contributed by atoms with Gasteiger partial charge in [-0.05, 0) is 60.8 Å². The van der Waals surface area contributed by atoms with Crippen molar-refractivity contribution in [1.82, 2.24) is 0 Å². The summed E-state index contributed by atoms with van der Waals surface area (Å²) in [4.78, 5) is 26.8. The molecule has 2 fully saturated rings. The second-order valence-electron chi connectivity index (χ2n) is 11.0. The molecule has 202 valence electrons. The lowest BCUT2D eigenvalue weighted by molar-refractivity contribution is -0.176.